The summed E-state index contributed by atoms with van der Waals surface area (Å²) in [5.41, 5.74) is 5.43. The molecule has 46 heteroatoms. The molecule has 0 aromatic carbocycles. The molecule has 0 spiro atoms. The van der Waals surface area contributed by atoms with Gasteiger partial charge in [-0.1, -0.05) is 0 Å². The van der Waals surface area contributed by atoms with E-state index < -0.39 is 189 Å². The van der Waals surface area contributed by atoms with Crippen molar-refractivity contribution in [2.45, 2.75) is 142 Å². The summed E-state index contributed by atoms with van der Waals surface area (Å²) in [6.45, 7) is -3.11. The smallest absolute Gasteiger partial charge is 0.735 e. The Kier molecular flexibility index (Phi) is 39.9. The molecule has 0 amide bonds. The van der Waals surface area contributed by atoms with Crippen LogP contribution in [0.25, 0.3) is 0 Å². The van der Waals surface area contributed by atoms with Gasteiger partial charge in [0.2, 0.25) is 20.8 Å². The number of carbonyl (C=O) groups excluding carboxylic acids is 2. The van der Waals surface area contributed by atoms with Crippen LogP contribution in [0.15, 0.2) is 0 Å². The van der Waals surface area contributed by atoms with Crippen LogP contribution < -0.4 is 203 Å². The van der Waals surface area contributed by atoms with Crippen LogP contribution in [0.4, 0.5) is 0 Å². The van der Waals surface area contributed by atoms with Gasteiger partial charge in [0.15, 0.2) is 45.8 Å². The number of carboxylic acid groups (broad SMARTS) is 2. The summed E-state index contributed by atoms with van der Waals surface area (Å²) in [6.07, 6.45) is -44.6. The summed E-state index contributed by atoms with van der Waals surface area (Å²) < 4.78 is 193. The van der Waals surface area contributed by atoms with Crippen LogP contribution in [0.2, 0.25) is 0 Å². The maximum Gasteiger partial charge on any atom is 1.00 e. The maximum atomic E-state index is 12.5. The molecule has 0 saturated carbocycles. The van der Waals surface area contributed by atoms with E-state index in [2.05, 4.69) is 8.37 Å². The van der Waals surface area contributed by atoms with Crippen molar-refractivity contribution in [1.29, 1.82) is 0 Å². The molecule has 4 aliphatic rings. The number of hydrogen-bond acceptors (Lipinski definition) is 34. The molecule has 0 aliphatic carbocycles. The minimum atomic E-state index is -5.88. The van der Waals surface area contributed by atoms with Crippen molar-refractivity contribution in [3.8, 4) is 0 Å². The first-order chi connectivity index (χ1) is 31.7. The number of carboxylic acids is 2. The van der Waals surface area contributed by atoms with Crippen LogP contribution in [-0.2, 0) is 97.3 Å². The van der Waals surface area contributed by atoms with Crippen molar-refractivity contribution in [2.24, 2.45) is 5.73 Å². The van der Waals surface area contributed by atoms with Crippen molar-refractivity contribution in [3.05, 3.63) is 0 Å². The second-order valence-corrected chi connectivity index (χ2v) is 19.5. The number of aliphatic hydroxyl groups is 7. The standard InChI is InChI=1S/C29H51N3O33S4.6Na/c30-4-2-1-3-5-56-26-10(31-66(44,45)46)12(33)19(8(59-26)6-57-68(50,51)52)62-29-18(39)16(37)21(23(65-29)25(42)43)63-27-11(32-67(47,48)49)13(34)20(9(60-27)7-58-69(53,54)55)61-28-17(38)14(35)15(36)22(64-28)24(40)41;;;;;;/h8-23,26-29,31-39H,1-7,30H2,(H,40,41)(H,42,43)(H,44,45,46)(H,47,48,49)(H,50,51,52)(H,53,54,55);;;;;;/q;6*+1/p-6/t8-,9-,10-,11-,12-,13-,14+,15+,16-,17-,18-,19-,20-,21+,22-,23-,26+,27-,28-,29-;;;;;;/m1....../s1. The van der Waals surface area contributed by atoms with Crippen LogP contribution in [0, 0.1) is 0 Å². The van der Waals surface area contributed by atoms with E-state index in [4.69, 9.17) is 43.6 Å². The van der Waals surface area contributed by atoms with E-state index in [1.54, 1.807) is 0 Å². The fraction of sp³-hybridized carbons (Fsp3) is 0.931. The average Bonchev–Trinajstić information content (AvgIpc) is 3.21. The van der Waals surface area contributed by atoms with Crippen LogP contribution in [-0.4, -0.2) is 249 Å². The summed E-state index contributed by atoms with van der Waals surface area (Å²) in [5, 5.41) is 99.8. The second kappa shape index (κ2) is 36.0. The quantitative estimate of drug-likeness (QED) is 0.0186. The summed E-state index contributed by atoms with van der Waals surface area (Å²) in [5.74, 6) is -4.69. The molecule has 4 aliphatic heterocycles. The monoisotopic (exact) mass is 1230 g/mol. The van der Waals surface area contributed by atoms with E-state index in [-0.39, 0.29) is 197 Å². The van der Waals surface area contributed by atoms with E-state index in [1.165, 1.54) is 9.44 Å². The third-order valence-corrected chi connectivity index (χ3v) is 12.2. The molecule has 0 unspecified atom stereocenters. The summed E-state index contributed by atoms with van der Waals surface area (Å²) in [4.78, 5) is 24.1. The zero-order valence-electron chi connectivity index (χ0n) is 40.5. The minimum Gasteiger partial charge on any atom is -0.735 e. The third-order valence-electron chi connectivity index (χ3n) is 10.2. The first-order valence-corrected chi connectivity index (χ1v) is 25.0. The van der Waals surface area contributed by atoms with Gasteiger partial charge in [0, 0.05) is 6.61 Å². The predicted octanol–water partition coefficient (Wildman–Crippen LogP) is -32.0. The summed E-state index contributed by atoms with van der Waals surface area (Å²) in [6, 6.07) is -4.90. The normalized spacial score (nSPS) is 36.3. The number of ether oxygens (including phenoxy) is 8. The van der Waals surface area contributed by atoms with Gasteiger partial charge in [0.1, 0.15) is 97.5 Å². The van der Waals surface area contributed by atoms with Crippen molar-refractivity contribution >= 4 is 53.3 Å². The van der Waals surface area contributed by atoms with Gasteiger partial charge < -0.3 is 117 Å². The average molecular weight is 1230 g/mol. The number of carbonyl (C=O) groups is 2. The number of unbranched alkanes of at least 4 members (excludes halogenated alkanes) is 2. The van der Waals surface area contributed by atoms with Crippen LogP contribution in [0.1, 0.15) is 19.3 Å². The van der Waals surface area contributed by atoms with Gasteiger partial charge in [-0.15, -0.1) is 0 Å². The molecule has 0 aromatic heterocycles. The van der Waals surface area contributed by atoms with Gasteiger partial charge in [-0.05, 0) is 25.8 Å². The van der Waals surface area contributed by atoms with E-state index in [1.807, 2.05) is 0 Å². The molecule has 404 valence electrons. The van der Waals surface area contributed by atoms with Crippen LogP contribution in [0.3, 0.4) is 0 Å². The molecule has 11 N–H and O–H groups in total. The zero-order chi connectivity index (χ0) is 52.1. The predicted molar refractivity (Wildman–Crippen MR) is 195 cm³/mol. The van der Waals surface area contributed by atoms with E-state index in [0.29, 0.717) is 12.8 Å². The van der Waals surface area contributed by atoms with E-state index in [9.17, 15) is 107 Å². The Morgan fingerprint density at radius 3 is 1.27 bits per heavy atom. The van der Waals surface area contributed by atoms with Crippen molar-refractivity contribution in [3.63, 3.8) is 0 Å². The van der Waals surface area contributed by atoms with Gasteiger partial charge in [-0.25, -0.2) is 43.1 Å². The Balaban J connectivity index is -0.00000864. The fourth-order valence-corrected chi connectivity index (χ4v) is 8.89. The van der Waals surface area contributed by atoms with Gasteiger partial charge >= 0.3 is 177 Å². The zero-order valence-corrected chi connectivity index (χ0v) is 55.7. The molecular weight excluding hydrogens is 1180 g/mol. The number of rotatable bonds is 24. The second-order valence-electron chi connectivity index (χ2n) is 15.1. The number of hydrogen-bond donors (Lipinski definition) is 10. The summed E-state index contributed by atoms with van der Waals surface area (Å²) >= 11 is 0. The Labute approximate surface area is 560 Å². The number of nitrogens with two attached hydrogens (primary N) is 1. The third kappa shape index (κ3) is 25.3. The molecule has 4 rings (SSSR count). The van der Waals surface area contributed by atoms with Crippen molar-refractivity contribution in [2.75, 3.05) is 26.4 Å². The molecular formula is C29H45N3Na6O33S4. The minimum absolute atomic E-state index is 0. The summed E-state index contributed by atoms with van der Waals surface area (Å²) in [7, 11) is -22.8. The molecule has 4 saturated heterocycles. The SMILES string of the molecule is NCCCCCO[C@H]1O[C@H](COS(=O)(=O)[O-])[C@@H](O[C@@H]2O[C@@H](C(=O)[O-])[C@@H](O[C@H]3O[C@H](COS(=O)(=O)[O-])[C@@H](O[C@@H]4O[C@@H](C(=O)[O-])[C@@H](O)[C@H](O)[C@H]4O)[C@H](O)[C@H]3NS(=O)(=O)[O-])[C@H](O)[C@H]2O)[C@H](O)[C@H]1NS(=O)(=O)[O-].[Na+].[Na+].[Na+].[Na+].[Na+].[Na+]. The molecule has 75 heavy (non-hydrogen) atoms. The van der Waals surface area contributed by atoms with Crippen molar-refractivity contribution in [1.82, 2.24) is 9.44 Å². The van der Waals surface area contributed by atoms with Gasteiger partial charge in [0.05, 0.1) is 25.2 Å². The Morgan fingerprint density at radius 1 is 0.480 bits per heavy atom. The van der Waals surface area contributed by atoms with Crippen LogP contribution in [0.5, 0.6) is 0 Å². The fourth-order valence-electron chi connectivity index (χ4n) is 7.12. The number of nitrogens with one attached hydrogen (secondary N) is 2. The van der Waals surface area contributed by atoms with Gasteiger partial charge in [-0.3, -0.25) is 8.37 Å². The first-order valence-electron chi connectivity index (χ1n) is 19.5. The molecule has 0 radical (unpaired) electrons. The van der Waals surface area contributed by atoms with Gasteiger partial charge in [-0.2, -0.15) is 0 Å². The molecule has 36 nitrogen and oxygen atoms in total. The van der Waals surface area contributed by atoms with Gasteiger partial charge in [0.25, 0.3) is 0 Å². The Bertz CT molecular complexity index is 2200. The van der Waals surface area contributed by atoms with E-state index >= 15 is 0 Å². The number of aliphatic hydroxyl groups excluding tert-OH is 7. The first kappa shape index (κ1) is 83.0. The van der Waals surface area contributed by atoms with E-state index in [0.717, 1.165) is 0 Å². The number of aliphatic carboxylic acids is 2. The maximum absolute atomic E-state index is 12.5. The molecule has 0 bridgehead atoms. The van der Waals surface area contributed by atoms with Crippen LogP contribution >= 0.6 is 0 Å². The Hall–Kier alpha value is 3.78. The molecule has 0 aromatic rings. The molecule has 4 fully saturated rings. The molecule has 20 atom stereocenters. The molecule has 4 heterocycles. The largest absolute Gasteiger partial charge is 1.00 e. The van der Waals surface area contributed by atoms with Crippen molar-refractivity contribution < 1.29 is 331 Å². The Morgan fingerprint density at radius 2 is 0.867 bits per heavy atom. The topological polar surface area (TPSA) is 593 Å².